The molecule has 110 valence electrons. The second-order valence-electron chi connectivity index (χ2n) is 3.45. The van der Waals surface area contributed by atoms with Crippen molar-refractivity contribution in [1.29, 1.82) is 0 Å². The van der Waals surface area contributed by atoms with Gasteiger partial charge in [-0.2, -0.15) is 4.31 Å². The topological polar surface area (TPSA) is 127 Å². The van der Waals surface area contributed by atoms with Gasteiger partial charge in [0.05, 0.1) is 14.2 Å². The first-order valence-corrected chi connectivity index (χ1v) is 6.52. The molecule has 1 atom stereocenters. The van der Waals surface area contributed by atoms with Gasteiger partial charge in [0.15, 0.2) is 5.25 Å². The number of carboxylic acids is 1. The number of rotatable bonds is 7. The zero-order valence-electron chi connectivity index (χ0n) is 10.7. The van der Waals surface area contributed by atoms with Crippen molar-refractivity contribution in [2.24, 2.45) is 0 Å². The van der Waals surface area contributed by atoms with E-state index in [2.05, 4.69) is 9.47 Å². The number of aliphatic carboxylic acids is 1. The van der Waals surface area contributed by atoms with Crippen molar-refractivity contribution >= 4 is 27.9 Å². The molecular formula is C9H15NO8S. The Hall–Kier alpha value is -1.68. The first-order chi connectivity index (χ1) is 8.66. The molecule has 0 aliphatic heterocycles. The normalized spacial score (nSPS) is 12.8. The summed E-state index contributed by atoms with van der Waals surface area (Å²) in [6.45, 7) is -0.615. The van der Waals surface area contributed by atoms with Crippen LogP contribution in [0.3, 0.4) is 0 Å². The van der Waals surface area contributed by atoms with Gasteiger partial charge < -0.3 is 14.6 Å². The molecule has 0 aromatic rings. The molecule has 0 amide bonds. The molecule has 1 N–H and O–H groups in total. The van der Waals surface area contributed by atoms with E-state index >= 15 is 0 Å². The molecule has 0 rings (SSSR count). The van der Waals surface area contributed by atoms with E-state index in [0.717, 1.165) is 21.1 Å². The largest absolute Gasteiger partial charge is 0.480 e. The molecule has 0 aliphatic carbocycles. The maximum atomic E-state index is 11.9. The maximum absolute atomic E-state index is 11.9. The van der Waals surface area contributed by atoms with Gasteiger partial charge in [0.25, 0.3) is 0 Å². The first-order valence-electron chi connectivity index (χ1n) is 5.02. The van der Waals surface area contributed by atoms with Crippen molar-refractivity contribution in [3.05, 3.63) is 0 Å². The van der Waals surface area contributed by atoms with Crippen molar-refractivity contribution in [3.8, 4) is 0 Å². The average Bonchev–Trinajstić information content (AvgIpc) is 2.36. The molecule has 0 aromatic carbocycles. The molecule has 9 nitrogen and oxygen atoms in total. The Morgan fingerprint density at radius 2 is 1.47 bits per heavy atom. The zero-order chi connectivity index (χ0) is 15.2. The number of sulfonamides is 1. The molecular weight excluding hydrogens is 282 g/mol. The monoisotopic (exact) mass is 297 g/mol. The van der Waals surface area contributed by atoms with Crippen LogP contribution in [0.15, 0.2) is 0 Å². The van der Waals surface area contributed by atoms with Crippen LogP contribution in [0.1, 0.15) is 6.92 Å². The van der Waals surface area contributed by atoms with Crippen LogP contribution in [0.5, 0.6) is 0 Å². The minimum atomic E-state index is -4.38. The van der Waals surface area contributed by atoms with Crippen LogP contribution in [-0.2, 0) is 33.9 Å². The fraction of sp³-hybridized carbons (Fsp3) is 0.667. The SMILES string of the molecule is COC(=O)CN(CC(=O)OC)S(=O)(=O)C(C)C(=O)O. The van der Waals surface area contributed by atoms with E-state index < -0.39 is 46.3 Å². The van der Waals surface area contributed by atoms with Crippen molar-refractivity contribution in [2.45, 2.75) is 12.2 Å². The van der Waals surface area contributed by atoms with E-state index in [1.165, 1.54) is 0 Å². The molecule has 0 aromatic heterocycles. The third-order valence-electron chi connectivity index (χ3n) is 2.22. The molecule has 0 fully saturated rings. The number of nitrogens with zero attached hydrogens (tertiary/aromatic N) is 1. The minimum absolute atomic E-state index is 0.406. The van der Waals surface area contributed by atoms with Crippen LogP contribution in [0.25, 0.3) is 0 Å². The highest BCUT2D eigenvalue weighted by Crippen LogP contribution is 2.10. The number of hydrogen-bond acceptors (Lipinski definition) is 7. The quantitative estimate of drug-likeness (QED) is 0.559. The van der Waals surface area contributed by atoms with E-state index in [-0.39, 0.29) is 0 Å². The molecule has 0 heterocycles. The average molecular weight is 297 g/mol. The minimum Gasteiger partial charge on any atom is -0.480 e. The van der Waals surface area contributed by atoms with E-state index in [0.29, 0.717) is 4.31 Å². The van der Waals surface area contributed by atoms with Crippen LogP contribution in [-0.4, -0.2) is 68.3 Å². The van der Waals surface area contributed by atoms with Gasteiger partial charge in [-0.1, -0.05) is 0 Å². The zero-order valence-corrected chi connectivity index (χ0v) is 11.5. The summed E-state index contributed by atoms with van der Waals surface area (Å²) in [5.74, 6) is -3.45. The van der Waals surface area contributed by atoms with E-state index in [1.807, 2.05) is 0 Å². The first kappa shape index (κ1) is 17.3. The van der Waals surface area contributed by atoms with Gasteiger partial charge in [-0.25, -0.2) is 8.42 Å². The Morgan fingerprint density at radius 1 is 1.11 bits per heavy atom. The number of carbonyl (C=O) groups is 3. The van der Waals surface area contributed by atoms with Gasteiger partial charge in [0, 0.05) is 0 Å². The van der Waals surface area contributed by atoms with Gasteiger partial charge in [-0.15, -0.1) is 0 Å². The Bertz CT molecular complexity index is 439. The van der Waals surface area contributed by atoms with Crippen molar-refractivity contribution in [2.75, 3.05) is 27.3 Å². The van der Waals surface area contributed by atoms with Gasteiger partial charge in [-0.3, -0.25) is 14.4 Å². The molecule has 10 heteroatoms. The predicted molar refractivity (Wildman–Crippen MR) is 61.6 cm³/mol. The third-order valence-corrected chi connectivity index (χ3v) is 4.29. The lowest BCUT2D eigenvalue weighted by molar-refractivity contribution is -0.144. The summed E-state index contributed by atoms with van der Waals surface area (Å²) in [7, 11) is -2.31. The fourth-order valence-corrected chi connectivity index (χ4v) is 2.28. The highest BCUT2D eigenvalue weighted by Gasteiger charge is 2.36. The number of carbonyl (C=O) groups excluding carboxylic acids is 2. The summed E-state index contributed by atoms with van der Waals surface area (Å²) in [6, 6.07) is 0. The van der Waals surface area contributed by atoms with Crippen molar-refractivity contribution < 1.29 is 37.4 Å². The van der Waals surface area contributed by atoms with Gasteiger partial charge >= 0.3 is 17.9 Å². The fourth-order valence-electron chi connectivity index (χ4n) is 1.00. The summed E-state index contributed by atoms with van der Waals surface area (Å²) in [6.07, 6.45) is 0. The van der Waals surface area contributed by atoms with E-state index in [1.54, 1.807) is 0 Å². The molecule has 0 saturated heterocycles. The molecule has 0 bridgehead atoms. The lowest BCUT2D eigenvalue weighted by Gasteiger charge is -2.21. The number of hydrogen-bond donors (Lipinski definition) is 1. The molecule has 0 aliphatic rings. The number of carboxylic acid groups (broad SMARTS) is 1. The second kappa shape index (κ2) is 7.04. The summed E-state index contributed by atoms with van der Waals surface area (Å²) >= 11 is 0. The summed E-state index contributed by atoms with van der Waals surface area (Å²) in [5.41, 5.74) is 0. The second-order valence-corrected chi connectivity index (χ2v) is 5.70. The third kappa shape index (κ3) is 4.83. The Kier molecular flexibility index (Phi) is 6.42. The van der Waals surface area contributed by atoms with Crippen molar-refractivity contribution in [1.82, 2.24) is 4.31 Å². The van der Waals surface area contributed by atoms with E-state index in [9.17, 15) is 22.8 Å². The highest BCUT2D eigenvalue weighted by molar-refractivity contribution is 7.90. The van der Waals surface area contributed by atoms with Crippen LogP contribution < -0.4 is 0 Å². The molecule has 0 saturated carbocycles. The molecule has 0 radical (unpaired) electrons. The molecule has 0 spiro atoms. The Labute approximate surface area is 110 Å². The lowest BCUT2D eigenvalue weighted by atomic mass is 10.5. The van der Waals surface area contributed by atoms with E-state index in [4.69, 9.17) is 5.11 Å². The van der Waals surface area contributed by atoms with Crippen molar-refractivity contribution in [3.63, 3.8) is 0 Å². The van der Waals surface area contributed by atoms with Crippen LogP contribution in [0, 0.1) is 0 Å². The number of methoxy groups -OCH3 is 2. The Morgan fingerprint density at radius 3 is 1.74 bits per heavy atom. The Balaban J connectivity index is 5.27. The summed E-state index contributed by atoms with van der Waals surface area (Å²) in [5, 5.41) is 6.91. The van der Waals surface area contributed by atoms with Crippen LogP contribution in [0.4, 0.5) is 0 Å². The number of ether oxygens (including phenoxy) is 2. The van der Waals surface area contributed by atoms with Crippen LogP contribution >= 0.6 is 0 Å². The maximum Gasteiger partial charge on any atom is 0.323 e. The standard InChI is InChI=1S/C9H15NO8S/c1-6(9(13)14)19(15,16)10(4-7(11)17-2)5-8(12)18-3/h6H,4-5H2,1-3H3,(H,13,14). The number of esters is 2. The smallest absolute Gasteiger partial charge is 0.323 e. The van der Waals surface area contributed by atoms with Gasteiger partial charge in [0.1, 0.15) is 13.1 Å². The van der Waals surface area contributed by atoms with Gasteiger partial charge in [-0.05, 0) is 6.92 Å². The van der Waals surface area contributed by atoms with Crippen LogP contribution in [0.2, 0.25) is 0 Å². The van der Waals surface area contributed by atoms with Gasteiger partial charge in [0.2, 0.25) is 10.0 Å². The molecule has 1 unspecified atom stereocenters. The summed E-state index contributed by atoms with van der Waals surface area (Å²) < 4.78 is 32.8. The summed E-state index contributed by atoms with van der Waals surface area (Å²) in [4.78, 5) is 32.9. The lowest BCUT2D eigenvalue weighted by Crippen LogP contribution is -2.46. The highest BCUT2D eigenvalue weighted by atomic mass is 32.2. The molecule has 19 heavy (non-hydrogen) atoms. The predicted octanol–water partition coefficient (Wildman–Crippen LogP) is -1.56.